The smallest absolute Gasteiger partial charge is 0.225 e. The van der Waals surface area contributed by atoms with Gasteiger partial charge in [-0.25, -0.2) is 0 Å². The first kappa shape index (κ1) is 13.0. The molecule has 1 saturated heterocycles. The normalized spacial score (nSPS) is 22.8. The fraction of sp³-hybridized carbons (Fsp3) is 0.429. The Morgan fingerprint density at radius 3 is 2.79 bits per heavy atom. The van der Waals surface area contributed by atoms with Crippen LogP contribution in [0, 0.1) is 0 Å². The van der Waals surface area contributed by atoms with Crippen molar-refractivity contribution >= 4 is 23.4 Å². The summed E-state index contributed by atoms with van der Waals surface area (Å²) in [4.78, 5) is 0. The number of hydrogen-bond acceptors (Lipinski definition) is 3. The van der Waals surface area contributed by atoms with Gasteiger partial charge in [-0.1, -0.05) is 30.3 Å². The molecule has 0 aliphatic carbocycles. The fourth-order valence-corrected chi connectivity index (χ4v) is 3.99. The Hall–Kier alpha value is -1.00. The van der Waals surface area contributed by atoms with Crippen molar-refractivity contribution in [3.05, 3.63) is 35.6 Å². The van der Waals surface area contributed by atoms with Crippen LogP contribution < -0.4 is 0 Å². The second-order valence-corrected chi connectivity index (χ2v) is 7.17. The van der Waals surface area contributed by atoms with Crippen LogP contribution in [0.4, 0.5) is 0 Å². The van der Waals surface area contributed by atoms with Gasteiger partial charge < -0.3 is 0 Å². The van der Waals surface area contributed by atoms with Crippen LogP contribution in [0.2, 0.25) is 5.28 Å². The van der Waals surface area contributed by atoms with Crippen molar-refractivity contribution in [1.29, 1.82) is 0 Å². The highest BCUT2D eigenvalue weighted by molar-refractivity contribution is 8.00. The Labute approximate surface area is 122 Å². The zero-order chi connectivity index (χ0) is 13.3. The second-order valence-electron chi connectivity index (χ2n) is 5.15. The van der Waals surface area contributed by atoms with E-state index in [0.29, 0.717) is 5.28 Å². The molecule has 1 aliphatic heterocycles. The predicted octanol–water partition coefficient (Wildman–Crippen LogP) is 3.88. The molecule has 1 aliphatic rings. The summed E-state index contributed by atoms with van der Waals surface area (Å²) in [6, 6.07) is 10.1. The van der Waals surface area contributed by atoms with E-state index >= 15 is 0 Å². The van der Waals surface area contributed by atoms with Crippen molar-refractivity contribution in [3.8, 4) is 11.4 Å². The Morgan fingerprint density at radius 2 is 2.11 bits per heavy atom. The Kier molecular flexibility index (Phi) is 3.54. The molecule has 1 fully saturated rings. The molecule has 0 bridgehead atoms. The van der Waals surface area contributed by atoms with E-state index in [0.717, 1.165) is 17.9 Å². The number of halogens is 1. The second kappa shape index (κ2) is 5.17. The average Bonchev–Trinajstić information content (AvgIpc) is 2.99. The first-order valence-corrected chi connectivity index (χ1v) is 7.82. The zero-order valence-corrected chi connectivity index (χ0v) is 12.4. The maximum Gasteiger partial charge on any atom is 0.225 e. The molecule has 0 N–H and O–H groups in total. The van der Waals surface area contributed by atoms with Crippen molar-refractivity contribution in [2.24, 2.45) is 0 Å². The molecule has 2 aromatic rings. The Bertz CT molecular complexity index is 561. The molecule has 19 heavy (non-hydrogen) atoms. The number of nitrogens with zero attached hydrogens (tertiary/aromatic N) is 3. The third-order valence-electron chi connectivity index (χ3n) is 3.53. The van der Waals surface area contributed by atoms with Crippen molar-refractivity contribution < 1.29 is 0 Å². The quantitative estimate of drug-likeness (QED) is 0.860. The van der Waals surface area contributed by atoms with E-state index < -0.39 is 0 Å². The van der Waals surface area contributed by atoms with Crippen molar-refractivity contribution in [2.75, 3.05) is 5.75 Å². The van der Waals surface area contributed by atoms with Crippen LogP contribution in [-0.4, -0.2) is 25.3 Å². The lowest BCUT2D eigenvalue weighted by atomic mass is 10.1. The van der Waals surface area contributed by atoms with Gasteiger partial charge in [-0.3, -0.25) is 4.57 Å². The van der Waals surface area contributed by atoms with Gasteiger partial charge >= 0.3 is 0 Å². The largest absolute Gasteiger partial charge is 0.296 e. The highest BCUT2D eigenvalue weighted by atomic mass is 35.5. The number of thioether (sulfide) groups is 1. The third-order valence-corrected chi connectivity index (χ3v) is 5.33. The average molecular weight is 294 g/mol. The van der Waals surface area contributed by atoms with E-state index in [9.17, 15) is 0 Å². The molecule has 1 atom stereocenters. The van der Waals surface area contributed by atoms with Crippen LogP contribution in [0.5, 0.6) is 0 Å². The molecule has 0 saturated carbocycles. The molecule has 100 valence electrons. The number of rotatable bonds is 3. The van der Waals surface area contributed by atoms with Gasteiger partial charge in [0, 0.05) is 16.9 Å². The maximum absolute atomic E-state index is 6.22. The van der Waals surface area contributed by atoms with E-state index in [2.05, 4.69) is 17.1 Å². The number of benzene rings is 1. The van der Waals surface area contributed by atoms with Crippen LogP contribution in [0.15, 0.2) is 30.3 Å². The lowest BCUT2D eigenvalue weighted by Gasteiger charge is -2.24. The molecule has 2 heterocycles. The lowest BCUT2D eigenvalue weighted by Crippen LogP contribution is -2.24. The lowest BCUT2D eigenvalue weighted by molar-refractivity contribution is 0.513. The zero-order valence-electron chi connectivity index (χ0n) is 10.8. The van der Waals surface area contributed by atoms with Gasteiger partial charge in [0.25, 0.3) is 0 Å². The summed E-state index contributed by atoms with van der Waals surface area (Å²) in [5.41, 5.74) is 1.06. The highest BCUT2D eigenvalue weighted by Crippen LogP contribution is 2.40. The van der Waals surface area contributed by atoms with Crippen molar-refractivity contribution in [3.63, 3.8) is 0 Å². The van der Waals surface area contributed by atoms with Crippen molar-refractivity contribution in [1.82, 2.24) is 14.8 Å². The summed E-state index contributed by atoms with van der Waals surface area (Å²) >= 11 is 8.24. The van der Waals surface area contributed by atoms with Gasteiger partial charge in [-0.15, -0.1) is 10.2 Å². The molecule has 0 amide bonds. The predicted molar refractivity (Wildman–Crippen MR) is 80.6 cm³/mol. The summed E-state index contributed by atoms with van der Waals surface area (Å²) < 4.78 is 2.28. The van der Waals surface area contributed by atoms with Gasteiger partial charge in [0.2, 0.25) is 5.28 Å². The summed E-state index contributed by atoms with van der Waals surface area (Å²) in [5.74, 6) is 2.09. The summed E-state index contributed by atoms with van der Waals surface area (Å²) in [6.45, 7) is 3.17. The van der Waals surface area contributed by atoms with Gasteiger partial charge in [-0.2, -0.15) is 11.8 Å². The van der Waals surface area contributed by atoms with Crippen LogP contribution >= 0.6 is 23.4 Å². The molecule has 0 radical (unpaired) electrons. The first-order valence-electron chi connectivity index (χ1n) is 6.46. The number of aromatic nitrogens is 3. The van der Waals surface area contributed by atoms with E-state index in [1.54, 1.807) is 0 Å². The SMILES string of the molecule is CC1(Cn2c(Cl)nnc2-c2ccccc2)CCCS1. The van der Waals surface area contributed by atoms with Gasteiger partial charge in [0.1, 0.15) is 0 Å². The summed E-state index contributed by atoms with van der Waals surface area (Å²) in [6.07, 6.45) is 2.50. The van der Waals surface area contributed by atoms with Crippen LogP contribution in [0.1, 0.15) is 19.8 Å². The molecule has 3 rings (SSSR count). The van der Waals surface area contributed by atoms with Gasteiger partial charge in [0.05, 0.1) is 0 Å². The summed E-state index contributed by atoms with van der Waals surface area (Å²) in [5, 5.41) is 8.75. The van der Waals surface area contributed by atoms with Crippen LogP contribution in [-0.2, 0) is 6.54 Å². The minimum Gasteiger partial charge on any atom is -0.296 e. The molecule has 1 aromatic heterocycles. The molecule has 3 nitrogen and oxygen atoms in total. The third kappa shape index (κ3) is 2.65. The van der Waals surface area contributed by atoms with E-state index in [4.69, 9.17) is 11.6 Å². The first-order chi connectivity index (χ1) is 9.18. The monoisotopic (exact) mass is 293 g/mol. The Balaban J connectivity index is 1.95. The standard InChI is InChI=1S/C14H16ClN3S/c1-14(8-5-9-19-14)10-18-12(16-17-13(18)15)11-6-3-2-4-7-11/h2-4,6-7H,5,8-10H2,1H3. The fourth-order valence-electron chi connectivity index (χ4n) is 2.52. The van der Waals surface area contributed by atoms with E-state index in [1.165, 1.54) is 18.6 Å². The maximum atomic E-state index is 6.22. The minimum atomic E-state index is 0.246. The minimum absolute atomic E-state index is 0.246. The molecular formula is C14H16ClN3S. The molecule has 1 aromatic carbocycles. The van der Waals surface area contributed by atoms with Gasteiger partial charge in [0.15, 0.2) is 5.82 Å². The van der Waals surface area contributed by atoms with Crippen LogP contribution in [0.25, 0.3) is 11.4 Å². The molecular weight excluding hydrogens is 278 g/mol. The Morgan fingerprint density at radius 1 is 1.32 bits per heavy atom. The molecule has 5 heteroatoms. The topological polar surface area (TPSA) is 30.7 Å². The van der Waals surface area contributed by atoms with Crippen molar-refractivity contribution in [2.45, 2.75) is 31.1 Å². The van der Waals surface area contributed by atoms with Gasteiger partial charge in [-0.05, 0) is 37.1 Å². The summed E-state index contributed by atoms with van der Waals surface area (Å²) in [7, 11) is 0. The molecule has 1 unspecified atom stereocenters. The van der Waals surface area contributed by atoms with E-state index in [1.807, 2.05) is 46.7 Å². The molecule has 0 spiro atoms. The van der Waals surface area contributed by atoms with E-state index in [-0.39, 0.29) is 4.75 Å². The highest BCUT2D eigenvalue weighted by Gasteiger charge is 2.31. The van der Waals surface area contributed by atoms with Crippen LogP contribution in [0.3, 0.4) is 0 Å². The number of hydrogen-bond donors (Lipinski definition) is 0.